The molecule has 0 radical (unpaired) electrons. The van der Waals surface area contributed by atoms with Crippen LogP contribution >= 0.6 is 0 Å². The van der Waals surface area contributed by atoms with E-state index in [-0.39, 0.29) is 11.5 Å². The van der Waals surface area contributed by atoms with E-state index in [2.05, 4.69) is 9.88 Å². The molecular formula is C18H30N4O3S. The second kappa shape index (κ2) is 8.19. The van der Waals surface area contributed by atoms with Gasteiger partial charge in [-0.3, -0.25) is 9.36 Å². The Kier molecular flexibility index (Phi) is 6.14. The van der Waals surface area contributed by atoms with E-state index < -0.39 is 10.0 Å². The van der Waals surface area contributed by atoms with Crippen molar-refractivity contribution in [1.29, 1.82) is 0 Å². The molecule has 146 valence electrons. The number of hydrogen-bond donors (Lipinski definition) is 0. The molecule has 1 aromatic heterocycles. The normalized spacial score (nSPS) is 22.3. The van der Waals surface area contributed by atoms with Crippen LogP contribution in [0.15, 0.2) is 17.2 Å². The first-order valence-corrected chi connectivity index (χ1v) is 11.2. The Labute approximate surface area is 156 Å². The van der Waals surface area contributed by atoms with Gasteiger partial charge in [-0.15, -0.1) is 0 Å². The maximum Gasteiger partial charge on any atom is 0.253 e. The number of sulfonamides is 1. The van der Waals surface area contributed by atoms with Gasteiger partial charge in [-0.2, -0.15) is 0 Å². The zero-order chi connectivity index (χ0) is 18.7. The third kappa shape index (κ3) is 4.72. The van der Waals surface area contributed by atoms with Crippen LogP contribution < -0.4 is 5.56 Å². The summed E-state index contributed by atoms with van der Waals surface area (Å²) in [7, 11) is -2.99. The molecule has 7 nitrogen and oxygen atoms in total. The third-order valence-corrected chi connectivity index (χ3v) is 7.48. The molecule has 0 aliphatic carbocycles. The standard InChI is InChI=1S/C18H30N4O3S/c1-15(2)17-12-18(23)21(14-19-17)13-16-4-7-20(8-5-16)9-10-22-6-3-11-26(22,24)25/h12,14-16H,3-11,13H2,1-2H3. The fourth-order valence-corrected chi connectivity index (χ4v) is 5.28. The zero-order valence-electron chi connectivity index (χ0n) is 15.8. The summed E-state index contributed by atoms with van der Waals surface area (Å²) >= 11 is 0. The van der Waals surface area contributed by atoms with Crippen LogP contribution in [0.25, 0.3) is 0 Å². The molecule has 0 saturated carbocycles. The first kappa shape index (κ1) is 19.5. The predicted molar refractivity (Wildman–Crippen MR) is 102 cm³/mol. The predicted octanol–water partition coefficient (Wildman–Crippen LogP) is 1.11. The molecule has 0 bridgehead atoms. The maximum absolute atomic E-state index is 12.2. The van der Waals surface area contributed by atoms with Crippen molar-refractivity contribution < 1.29 is 8.42 Å². The SMILES string of the molecule is CC(C)c1cc(=O)n(CC2CCN(CCN3CCCS3(=O)=O)CC2)cn1. The van der Waals surface area contributed by atoms with E-state index in [1.807, 2.05) is 13.8 Å². The van der Waals surface area contributed by atoms with E-state index in [0.29, 0.717) is 24.8 Å². The van der Waals surface area contributed by atoms with Gasteiger partial charge in [0, 0.05) is 32.2 Å². The van der Waals surface area contributed by atoms with E-state index in [1.54, 1.807) is 21.3 Å². The van der Waals surface area contributed by atoms with Gasteiger partial charge >= 0.3 is 0 Å². The Morgan fingerprint density at radius 2 is 1.92 bits per heavy atom. The number of piperidine rings is 1. The van der Waals surface area contributed by atoms with Gasteiger partial charge in [0.05, 0.1) is 17.8 Å². The van der Waals surface area contributed by atoms with Gasteiger partial charge in [-0.05, 0) is 44.2 Å². The molecule has 1 aromatic rings. The summed E-state index contributed by atoms with van der Waals surface area (Å²) in [5.41, 5.74) is 0.878. The van der Waals surface area contributed by atoms with E-state index in [9.17, 15) is 13.2 Å². The third-order valence-electron chi connectivity index (χ3n) is 5.52. The molecule has 2 aliphatic rings. The van der Waals surface area contributed by atoms with Crippen LogP contribution in [-0.2, 0) is 16.6 Å². The highest BCUT2D eigenvalue weighted by Crippen LogP contribution is 2.19. The minimum absolute atomic E-state index is 0.0327. The number of rotatable bonds is 6. The molecule has 0 N–H and O–H groups in total. The van der Waals surface area contributed by atoms with Crippen molar-refractivity contribution in [2.75, 3.05) is 38.5 Å². The number of nitrogens with zero attached hydrogens (tertiary/aromatic N) is 4. The minimum Gasteiger partial charge on any atom is -0.302 e. The monoisotopic (exact) mass is 382 g/mol. The van der Waals surface area contributed by atoms with Crippen molar-refractivity contribution in [3.05, 3.63) is 28.4 Å². The summed E-state index contributed by atoms with van der Waals surface area (Å²) in [4.78, 5) is 19.0. The molecule has 2 fully saturated rings. The topological polar surface area (TPSA) is 75.5 Å². The average molecular weight is 383 g/mol. The molecule has 0 aromatic carbocycles. The largest absolute Gasteiger partial charge is 0.302 e. The minimum atomic E-state index is -2.99. The number of hydrogen-bond acceptors (Lipinski definition) is 5. The van der Waals surface area contributed by atoms with Gasteiger partial charge in [0.15, 0.2) is 0 Å². The summed E-state index contributed by atoms with van der Waals surface area (Å²) in [6.45, 7) is 8.79. The first-order valence-electron chi connectivity index (χ1n) is 9.62. The highest BCUT2D eigenvalue weighted by Gasteiger charge is 2.28. The second-order valence-electron chi connectivity index (χ2n) is 7.81. The smallest absolute Gasteiger partial charge is 0.253 e. The fourth-order valence-electron chi connectivity index (χ4n) is 3.76. The van der Waals surface area contributed by atoms with Crippen molar-refractivity contribution in [2.45, 2.75) is 45.6 Å². The zero-order valence-corrected chi connectivity index (χ0v) is 16.6. The van der Waals surface area contributed by atoms with Crippen molar-refractivity contribution in [1.82, 2.24) is 18.8 Å². The van der Waals surface area contributed by atoms with Crippen molar-refractivity contribution in [2.24, 2.45) is 5.92 Å². The summed E-state index contributed by atoms with van der Waals surface area (Å²) in [6.07, 6.45) is 4.50. The molecule has 3 rings (SSSR count). The molecule has 2 aliphatic heterocycles. The fraction of sp³-hybridized carbons (Fsp3) is 0.778. The molecule has 0 amide bonds. The van der Waals surface area contributed by atoms with Gasteiger partial charge in [0.2, 0.25) is 10.0 Å². The van der Waals surface area contributed by atoms with Crippen LogP contribution in [0.3, 0.4) is 0 Å². The summed E-state index contributed by atoms with van der Waals surface area (Å²) in [6, 6.07) is 1.65. The molecule has 2 saturated heterocycles. The van der Waals surface area contributed by atoms with Crippen LogP contribution in [0, 0.1) is 5.92 Å². The lowest BCUT2D eigenvalue weighted by molar-refractivity contribution is 0.165. The highest BCUT2D eigenvalue weighted by molar-refractivity contribution is 7.89. The Morgan fingerprint density at radius 1 is 1.19 bits per heavy atom. The maximum atomic E-state index is 12.2. The summed E-state index contributed by atoms with van der Waals surface area (Å²) in [5.74, 6) is 1.04. The molecule has 8 heteroatoms. The average Bonchev–Trinajstić information content (AvgIpc) is 2.94. The van der Waals surface area contributed by atoms with Gasteiger partial charge in [-0.1, -0.05) is 13.8 Å². The number of likely N-dealkylation sites (tertiary alicyclic amines) is 1. The van der Waals surface area contributed by atoms with Crippen LogP contribution in [-0.4, -0.2) is 65.7 Å². The van der Waals surface area contributed by atoms with E-state index in [1.165, 1.54) is 0 Å². The van der Waals surface area contributed by atoms with Gasteiger partial charge in [-0.25, -0.2) is 17.7 Å². The van der Waals surface area contributed by atoms with Crippen molar-refractivity contribution >= 4 is 10.0 Å². The second-order valence-corrected chi connectivity index (χ2v) is 9.90. The Morgan fingerprint density at radius 3 is 2.50 bits per heavy atom. The van der Waals surface area contributed by atoms with E-state index >= 15 is 0 Å². The van der Waals surface area contributed by atoms with Crippen LogP contribution in [0.2, 0.25) is 0 Å². The van der Waals surface area contributed by atoms with Crippen LogP contribution in [0.4, 0.5) is 0 Å². The van der Waals surface area contributed by atoms with E-state index in [4.69, 9.17) is 0 Å². The quantitative estimate of drug-likeness (QED) is 0.737. The first-order chi connectivity index (χ1) is 12.3. The lowest BCUT2D eigenvalue weighted by atomic mass is 9.96. The molecule has 0 unspecified atom stereocenters. The lowest BCUT2D eigenvalue weighted by Crippen LogP contribution is -2.41. The van der Waals surface area contributed by atoms with Crippen LogP contribution in [0.5, 0.6) is 0 Å². The summed E-state index contributed by atoms with van der Waals surface area (Å²) < 4.78 is 27.1. The Hall–Kier alpha value is -1.25. The molecule has 0 atom stereocenters. The Bertz CT molecular complexity index is 767. The molecule has 26 heavy (non-hydrogen) atoms. The molecule has 3 heterocycles. The lowest BCUT2D eigenvalue weighted by Gasteiger charge is -2.32. The van der Waals surface area contributed by atoms with E-state index in [0.717, 1.165) is 51.1 Å². The molecule has 0 spiro atoms. The molecular weight excluding hydrogens is 352 g/mol. The Balaban J connectivity index is 1.46. The van der Waals surface area contributed by atoms with Gasteiger partial charge < -0.3 is 4.90 Å². The van der Waals surface area contributed by atoms with Gasteiger partial charge in [0.25, 0.3) is 5.56 Å². The van der Waals surface area contributed by atoms with Crippen molar-refractivity contribution in [3.8, 4) is 0 Å². The van der Waals surface area contributed by atoms with Crippen molar-refractivity contribution in [3.63, 3.8) is 0 Å². The summed E-state index contributed by atoms with van der Waals surface area (Å²) in [5, 5.41) is 0. The highest BCUT2D eigenvalue weighted by atomic mass is 32.2. The number of aromatic nitrogens is 2. The van der Waals surface area contributed by atoms with Gasteiger partial charge in [0.1, 0.15) is 0 Å². The van der Waals surface area contributed by atoms with Crippen LogP contribution in [0.1, 0.15) is 44.7 Å².